The van der Waals surface area contributed by atoms with Crippen molar-refractivity contribution in [3.8, 4) is 0 Å². The zero-order chi connectivity index (χ0) is 13.1. The molecule has 3 nitrogen and oxygen atoms in total. The van der Waals surface area contributed by atoms with Gasteiger partial charge in [0, 0.05) is 17.6 Å². The number of likely N-dealkylation sites (N-methyl/N-ethyl adjacent to an activating group) is 1. The molecule has 1 aromatic carbocycles. The molecule has 98 valence electrons. The molecular formula is C13H16ClFN2O. The van der Waals surface area contributed by atoms with E-state index in [0.29, 0.717) is 23.3 Å². The second-order valence-corrected chi connectivity index (χ2v) is 4.83. The van der Waals surface area contributed by atoms with Crippen molar-refractivity contribution in [1.82, 2.24) is 4.90 Å². The van der Waals surface area contributed by atoms with E-state index in [-0.39, 0.29) is 12.5 Å². The van der Waals surface area contributed by atoms with E-state index in [0.717, 1.165) is 12.8 Å². The first-order chi connectivity index (χ1) is 8.61. The lowest BCUT2D eigenvalue weighted by Gasteiger charge is -2.20. The van der Waals surface area contributed by atoms with E-state index in [1.165, 1.54) is 6.07 Å². The molecule has 0 heterocycles. The van der Waals surface area contributed by atoms with E-state index in [1.807, 2.05) is 11.8 Å². The quantitative estimate of drug-likeness (QED) is 0.892. The van der Waals surface area contributed by atoms with Gasteiger partial charge in [0.2, 0.25) is 5.91 Å². The van der Waals surface area contributed by atoms with Crippen LogP contribution in [0.1, 0.15) is 19.8 Å². The molecule has 1 aromatic rings. The minimum absolute atomic E-state index is 0.00866. The Hall–Kier alpha value is -1.29. The lowest BCUT2D eigenvalue weighted by molar-refractivity contribution is -0.129. The summed E-state index contributed by atoms with van der Waals surface area (Å²) in [5.74, 6) is -0.431. The zero-order valence-corrected chi connectivity index (χ0v) is 11.0. The highest BCUT2D eigenvalue weighted by Gasteiger charge is 2.30. The Morgan fingerprint density at radius 2 is 2.28 bits per heavy atom. The lowest BCUT2D eigenvalue weighted by atomic mass is 10.3. The topological polar surface area (TPSA) is 32.3 Å². The Morgan fingerprint density at radius 3 is 2.83 bits per heavy atom. The largest absolute Gasteiger partial charge is 0.374 e. The van der Waals surface area contributed by atoms with Crippen LogP contribution in [0.4, 0.5) is 10.1 Å². The van der Waals surface area contributed by atoms with Crippen molar-refractivity contribution in [2.75, 3.05) is 18.4 Å². The van der Waals surface area contributed by atoms with Crippen LogP contribution in [0.2, 0.25) is 5.02 Å². The molecule has 0 aliphatic heterocycles. The molecular weight excluding hydrogens is 255 g/mol. The van der Waals surface area contributed by atoms with Crippen molar-refractivity contribution in [3.05, 3.63) is 29.0 Å². The van der Waals surface area contributed by atoms with E-state index in [2.05, 4.69) is 5.32 Å². The Labute approximate surface area is 111 Å². The third kappa shape index (κ3) is 3.13. The van der Waals surface area contributed by atoms with Crippen LogP contribution in [0.3, 0.4) is 0 Å². The number of amides is 1. The number of hydrogen-bond acceptors (Lipinski definition) is 2. The smallest absolute Gasteiger partial charge is 0.242 e. The first kappa shape index (κ1) is 13.1. The highest BCUT2D eigenvalue weighted by atomic mass is 35.5. The fourth-order valence-corrected chi connectivity index (χ4v) is 2.09. The summed E-state index contributed by atoms with van der Waals surface area (Å²) in [4.78, 5) is 13.8. The fraction of sp³-hybridized carbons (Fsp3) is 0.462. The van der Waals surface area contributed by atoms with Crippen molar-refractivity contribution in [2.24, 2.45) is 0 Å². The average Bonchev–Trinajstić information content (AvgIpc) is 3.13. The molecule has 1 aliphatic carbocycles. The third-order valence-corrected chi connectivity index (χ3v) is 3.24. The lowest BCUT2D eigenvalue weighted by Crippen LogP contribution is -2.37. The number of benzene rings is 1. The highest BCUT2D eigenvalue weighted by Crippen LogP contribution is 2.26. The minimum atomic E-state index is -0.440. The molecule has 0 unspecified atom stereocenters. The molecule has 0 aromatic heterocycles. The van der Waals surface area contributed by atoms with Gasteiger partial charge in [-0.2, -0.15) is 0 Å². The van der Waals surface area contributed by atoms with Crippen LogP contribution in [0.25, 0.3) is 0 Å². The first-order valence-electron chi connectivity index (χ1n) is 6.10. The van der Waals surface area contributed by atoms with E-state index < -0.39 is 5.82 Å². The normalized spacial score (nSPS) is 14.4. The summed E-state index contributed by atoms with van der Waals surface area (Å²) >= 11 is 5.66. The van der Waals surface area contributed by atoms with Gasteiger partial charge in [-0.3, -0.25) is 4.79 Å². The van der Waals surface area contributed by atoms with Gasteiger partial charge < -0.3 is 10.2 Å². The SMILES string of the molecule is CCN(C(=O)CNc1ccc(Cl)cc1F)C1CC1. The van der Waals surface area contributed by atoms with Crippen LogP contribution < -0.4 is 5.32 Å². The number of carbonyl (C=O) groups is 1. The van der Waals surface area contributed by atoms with Crippen LogP contribution >= 0.6 is 11.6 Å². The number of nitrogens with zero attached hydrogens (tertiary/aromatic N) is 1. The Kier molecular flexibility index (Phi) is 4.07. The van der Waals surface area contributed by atoms with Crippen LogP contribution in [0.5, 0.6) is 0 Å². The van der Waals surface area contributed by atoms with E-state index in [4.69, 9.17) is 11.6 Å². The molecule has 18 heavy (non-hydrogen) atoms. The second kappa shape index (κ2) is 5.57. The van der Waals surface area contributed by atoms with Gasteiger partial charge in [0.05, 0.1) is 12.2 Å². The molecule has 2 rings (SSSR count). The van der Waals surface area contributed by atoms with E-state index >= 15 is 0 Å². The first-order valence-corrected chi connectivity index (χ1v) is 6.48. The molecule has 5 heteroatoms. The molecule has 1 saturated carbocycles. The molecule has 0 spiro atoms. The summed E-state index contributed by atoms with van der Waals surface area (Å²) < 4.78 is 13.5. The average molecular weight is 271 g/mol. The highest BCUT2D eigenvalue weighted by molar-refractivity contribution is 6.30. The van der Waals surface area contributed by atoms with Crippen LogP contribution in [0.15, 0.2) is 18.2 Å². The summed E-state index contributed by atoms with van der Waals surface area (Å²) in [6, 6.07) is 4.75. The van der Waals surface area contributed by atoms with Crippen molar-refractivity contribution in [2.45, 2.75) is 25.8 Å². The van der Waals surface area contributed by atoms with E-state index in [9.17, 15) is 9.18 Å². The Balaban J connectivity index is 1.92. The summed E-state index contributed by atoms with van der Waals surface area (Å²) in [6.07, 6.45) is 2.16. The van der Waals surface area contributed by atoms with Crippen LogP contribution in [0, 0.1) is 5.82 Å². The van der Waals surface area contributed by atoms with Gasteiger partial charge in [-0.15, -0.1) is 0 Å². The zero-order valence-electron chi connectivity index (χ0n) is 10.2. The molecule has 1 aliphatic rings. The summed E-state index contributed by atoms with van der Waals surface area (Å²) in [5.41, 5.74) is 0.305. The number of nitrogens with one attached hydrogen (secondary N) is 1. The molecule has 0 bridgehead atoms. The fourth-order valence-electron chi connectivity index (χ4n) is 1.93. The minimum Gasteiger partial charge on any atom is -0.374 e. The van der Waals surface area contributed by atoms with Gasteiger partial charge in [0.15, 0.2) is 0 Å². The number of carbonyl (C=O) groups excluding carboxylic acids is 1. The predicted molar refractivity (Wildman–Crippen MR) is 70.3 cm³/mol. The van der Waals surface area contributed by atoms with Gasteiger partial charge in [0.25, 0.3) is 0 Å². The van der Waals surface area contributed by atoms with Crippen molar-refractivity contribution < 1.29 is 9.18 Å². The van der Waals surface area contributed by atoms with E-state index in [1.54, 1.807) is 12.1 Å². The number of halogens is 2. The summed E-state index contributed by atoms with van der Waals surface area (Å²) in [5, 5.41) is 3.16. The van der Waals surface area contributed by atoms with Crippen molar-refractivity contribution in [3.63, 3.8) is 0 Å². The Morgan fingerprint density at radius 1 is 1.56 bits per heavy atom. The Bertz CT molecular complexity index is 449. The molecule has 1 N–H and O–H groups in total. The number of anilines is 1. The van der Waals surface area contributed by atoms with Gasteiger partial charge in [-0.05, 0) is 38.0 Å². The monoisotopic (exact) mass is 270 g/mol. The van der Waals surface area contributed by atoms with Gasteiger partial charge >= 0.3 is 0 Å². The second-order valence-electron chi connectivity index (χ2n) is 4.39. The van der Waals surface area contributed by atoms with Crippen molar-refractivity contribution >= 4 is 23.2 Å². The van der Waals surface area contributed by atoms with Gasteiger partial charge in [0.1, 0.15) is 5.82 Å². The summed E-state index contributed by atoms with van der Waals surface area (Å²) in [7, 11) is 0. The molecule has 0 atom stereocenters. The molecule has 0 saturated heterocycles. The van der Waals surface area contributed by atoms with Crippen LogP contribution in [-0.4, -0.2) is 29.9 Å². The predicted octanol–water partition coefficient (Wildman–Crippen LogP) is 2.90. The molecule has 1 fully saturated rings. The van der Waals surface area contributed by atoms with Crippen LogP contribution in [-0.2, 0) is 4.79 Å². The standard InChI is InChI=1S/C13H16ClFN2O/c1-2-17(10-4-5-10)13(18)8-16-12-6-3-9(14)7-11(12)15/h3,6-7,10,16H,2,4-5,8H2,1H3. The summed E-state index contributed by atoms with van der Waals surface area (Å²) in [6.45, 7) is 2.77. The molecule has 0 radical (unpaired) electrons. The maximum absolute atomic E-state index is 13.5. The number of hydrogen-bond donors (Lipinski definition) is 1. The maximum atomic E-state index is 13.5. The van der Waals surface area contributed by atoms with Crippen molar-refractivity contribution in [1.29, 1.82) is 0 Å². The maximum Gasteiger partial charge on any atom is 0.242 e. The third-order valence-electron chi connectivity index (χ3n) is 3.01. The molecule has 1 amide bonds. The van der Waals surface area contributed by atoms with Gasteiger partial charge in [-0.25, -0.2) is 4.39 Å². The number of rotatable bonds is 5. The van der Waals surface area contributed by atoms with Gasteiger partial charge in [-0.1, -0.05) is 11.6 Å².